The molecule has 260 valence electrons. The van der Waals surface area contributed by atoms with Gasteiger partial charge in [0.15, 0.2) is 6.79 Å². The molecule has 0 saturated carbocycles. The maximum atomic E-state index is 14.3. The van der Waals surface area contributed by atoms with Gasteiger partial charge >= 0.3 is 0 Å². The lowest BCUT2D eigenvalue weighted by molar-refractivity contribution is -0.143. The van der Waals surface area contributed by atoms with Gasteiger partial charge in [-0.2, -0.15) is 0 Å². The quantitative estimate of drug-likeness (QED) is 0.251. The number of carbonyl (C=O) groups is 5. The van der Waals surface area contributed by atoms with Crippen LogP contribution in [0, 0.1) is 17.7 Å². The fourth-order valence-electron chi connectivity index (χ4n) is 5.59. The maximum Gasteiger partial charge on any atom is 0.272 e. The van der Waals surface area contributed by atoms with E-state index in [1.54, 1.807) is 34.6 Å². The maximum absolute atomic E-state index is 14.3. The zero-order chi connectivity index (χ0) is 35.0. The Morgan fingerprint density at radius 2 is 1.83 bits per heavy atom. The number of nitrogens with zero attached hydrogens (tertiary/aromatic N) is 3. The number of hydrogen-bond donors (Lipinski definition) is 3. The van der Waals surface area contributed by atoms with Crippen LogP contribution in [0.3, 0.4) is 0 Å². The lowest BCUT2D eigenvalue weighted by Gasteiger charge is -2.32. The summed E-state index contributed by atoms with van der Waals surface area (Å²) in [5, 5.41) is 8.14. The van der Waals surface area contributed by atoms with Crippen LogP contribution in [0.2, 0.25) is 0 Å². The molecule has 48 heavy (non-hydrogen) atoms. The number of hydrogen-bond acceptors (Lipinski definition) is 10. The Morgan fingerprint density at radius 1 is 1.08 bits per heavy atom. The number of carbonyl (C=O) groups excluding carboxylic acids is 5. The van der Waals surface area contributed by atoms with E-state index >= 15 is 0 Å². The number of amides is 4. The van der Waals surface area contributed by atoms with Crippen LogP contribution < -0.4 is 20.7 Å². The Kier molecular flexibility index (Phi) is 12.5. The normalized spacial score (nSPS) is 19.1. The summed E-state index contributed by atoms with van der Waals surface area (Å²) in [5.41, 5.74) is 1.04. The smallest absolute Gasteiger partial charge is 0.272 e. The molecule has 1 fully saturated rings. The molecular weight excluding hydrogens is 627 g/mol. The Labute approximate surface area is 278 Å². The van der Waals surface area contributed by atoms with Crippen molar-refractivity contribution in [1.29, 1.82) is 0 Å². The van der Waals surface area contributed by atoms with E-state index in [1.165, 1.54) is 35.6 Å². The predicted octanol–water partition coefficient (Wildman–Crippen LogP) is 1.66. The van der Waals surface area contributed by atoms with E-state index in [0.29, 0.717) is 29.6 Å². The fraction of sp³-hybridized carbons (Fsp3) is 0.545. The standard InChI is InChI=1S/C33H43FN6O8/c1-6-23(14-41)37-31(43)26-11-24(47-16-21-10-22(34)9-20-15-46-17-48-29(20)21)13-40(26)33(45)28(19(4)5)39-32(44)27(18(2)3)38-30(42)25-12-35-7-8-36-25/h7-10,12,14,18-19,23-24,26-28H,6,11,13,15-17H2,1-5H3,(H,37,43)(H,38,42)(H,39,44)/t23-,24+,26-,27-,28-/m0/s1. The second kappa shape index (κ2) is 16.6. The predicted molar refractivity (Wildman–Crippen MR) is 169 cm³/mol. The van der Waals surface area contributed by atoms with Gasteiger partial charge in [-0.1, -0.05) is 34.6 Å². The molecule has 0 aliphatic carbocycles. The molecule has 3 N–H and O–H groups in total. The molecular formula is C33H43FN6O8. The summed E-state index contributed by atoms with van der Waals surface area (Å²) in [6, 6.07) is -1.21. The lowest BCUT2D eigenvalue weighted by atomic mass is 9.98. The Balaban J connectivity index is 1.53. The zero-order valence-electron chi connectivity index (χ0n) is 27.7. The second-order valence-corrected chi connectivity index (χ2v) is 12.5. The van der Waals surface area contributed by atoms with Gasteiger partial charge in [0.25, 0.3) is 5.91 Å². The number of aromatic nitrogens is 2. The van der Waals surface area contributed by atoms with E-state index in [4.69, 9.17) is 14.2 Å². The van der Waals surface area contributed by atoms with Crippen LogP contribution in [0.4, 0.5) is 4.39 Å². The molecule has 0 unspecified atom stereocenters. The minimum atomic E-state index is -1.07. The summed E-state index contributed by atoms with van der Waals surface area (Å²) in [6.07, 6.45) is 4.49. The second-order valence-electron chi connectivity index (χ2n) is 12.5. The number of rotatable bonds is 14. The van der Waals surface area contributed by atoms with Gasteiger partial charge in [-0.25, -0.2) is 9.37 Å². The molecule has 5 atom stereocenters. The van der Waals surface area contributed by atoms with Gasteiger partial charge in [-0.15, -0.1) is 0 Å². The Bertz CT molecular complexity index is 1480. The van der Waals surface area contributed by atoms with E-state index in [9.17, 15) is 28.4 Å². The largest absolute Gasteiger partial charge is 0.467 e. The highest BCUT2D eigenvalue weighted by Crippen LogP contribution is 2.31. The summed E-state index contributed by atoms with van der Waals surface area (Å²) in [4.78, 5) is 74.7. The van der Waals surface area contributed by atoms with E-state index in [-0.39, 0.29) is 44.6 Å². The van der Waals surface area contributed by atoms with Crippen molar-refractivity contribution in [3.63, 3.8) is 0 Å². The van der Waals surface area contributed by atoms with Crippen LogP contribution in [0.25, 0.3) is 0 Å². The van der Waals surface area contributed by atoms with Crippen LogP contribution in [0.1, 0.15) is 69.1 Å². The van der Waals surface area contributed by atoms with E-state index in [0.717, 1.165) is 0 Å². The zero-order valence-corrected chi connectivity index (χ0v) is 27.7. The van der Waals surface area contributed by atoms with Crippen LogP contribution in [0.5, 0.6) is 5.75 Å². The number of nitrogens with one attached hydrogen (secondary N) is 3. The highest BCUT2D eigenvalue weighted by molar-refractivity contribution is 5.98. The monoisotopic (exact) mass is 670 g/mol. The van der Waals surface area contributed by atoms with Crippen molar-refractivity contribution in [3.8, 4) is 5.75 Å². The molecule has 4 amide bonds. The summed E-state index contributed by atoms with van der Waals surface area (Å²) >= 11 is 0. The summed E-state index contributed by atoms with van der Waals surface area (Å²) in [7, 11) is 0. The van der Waals surface area contributed by atoms with Gasteiger partial charge in [-0.3, -0.25) is 24.2 Å². The number of fused-ring (bicyclic) bond motifs is 1. The molecule has 1 aromatic carbocycles. The average molecular weight is 671 g/mol. The van der Waals surface area contributed by atoms with Gasteiger partial charge in [0, 0.05) is 36.5 Å². The number of benzene rings is 1. The minimum absolute atomic E-state index is 0.00755. The van der Waals surface area contributed by atoms with Crippen molar-refractivity contribution in [1.82, 2.24) is 30.8 Å². The van der Waals surface area contributed by atoms with E-state index in [2.05, 4.69) is 25.9 Å². The molecule has 0 spiro atoms. The lowest BCUT2D eigenvalue weighted by Crippen LogP contribution is -2.59. The van der Waals surface area contributed by atoms with Crippen molar-refractivity contribution in [2.75, 3.05) is 13.3 Å². The van der Waals surface area contributed by atoms with Gasteiger partial charge in [0.05, 0.1) is 31.6 Å². The van der Waals surface area contributed by atoms with Crippen molar-refractivity contribution in [2.45, 2.75) is 90.9 Å². The van der Waals surface area contributed by atoms with Gasteiger partial charge in [0.2, 0.25) is 17.7 Å². The van der Waals surface area contributed by atoms with Crippen molar-refractivity contribution >= 4 is 29.9 Å². The van der Waals surface area contributed by atoms with Crippen LogP contribution in [0.15, 0.2) is 30.7 Å². The summed E-state index contributed by atoms with van der Waals surface area (Å²) in [5.74, 6) is -3.04. The Hall–Kier alpha value is -4.50. The molecule has 0 bridgehead atoms. The third kappa shape index (κ3) is 8.89. The number of likely N-dealkylation sites (tertiary alicyclic amines) is 1. The first-order chi connectivity index (χ1) is 22.9. The number of halogens is 1. The minimum Gasteiger partial charge on any atom is -0.467 e. The molecule has 14 nitrogen and oxygen atoms in total. The summed E-state index contributed by atoms with van der Waals surface area (Å²) in [6.45, 7) is 8.88. The molecule has 3 heterocycles. The highest BCUT2D eigenvalue weighted by atomic mass is 19.1. The first kappa shape index (κ1) is 36.3. The highest BCUT2D eigenvalue weighted by Gasteiger charge is 2.44. The first-order valence-corrected chi connectivity index (χ1v) is 16.0. The van der Waals surface area contributed by atoms with Gasteiger partial charge in [0.1, 0.15) is 41.7 Å². The molecule has 4 rings (SSSR count). The molecule has 1 saturated heterocycles. The molecule has 2 aromatic rings. The molecule has 15 heteroatoms. The Morgan fingerprint density at radius 3 is 2.48 bits per heavy atom. The van der Waals surface area contributed by atoms with Gasteiger partial charge in [-0.05, 0) is 30.4 Å². The fourth-order valence-corrected chi connectivity index (χ4v) is 5.59. The first-order valence-electron chi connectivity index (χ1n) is 16.0. The van der Waals surface area contributed by atoms with E-state index in [1.807, 2.05) is 0 Å². The van der Waals surface area contributed by atoms with Crippen LogP contribution in [-0.4, -0.2) is 88.4 Å². The topological polar surface area (TPSA) is 178 Å². The third-order valence-corrected chi connectivity index (χ3v) is 8.27. The van der Waals surface area contributed by atoms with Crippen molar-refractivity contribution in [2.24, 2.45) is 11.8 Å². The van der Waals surface area contributed by atoms with E-state index < -0.39 is 65.6 Å². The third-order valence-electron chi connectivity index (χ3n) is 8.27. The molecule has 2 aliphatic heterocycles. The number of aldehydes is 1. The van der Waals surface area contributed by atoms with Crippen molar-refractivity contribution < 1.29 is 42.6 Å². The van der Waals surface area contributed by atoms with Crippen LogP contribution in [-0.2, 0) is 41.9 Å². The SMILES string of the molecule is CC[C@@H](C=O)NC(=O)[C@@H]1C[C@@H](OCc2cc(F)cc3c2OCOC3)CN1C(=O)[C@@H](NC(=O)[C@@H](NC(=O)c1cnccn1)C(C)C)C(C)C. The van der Waals surface area contributed by atoms with Crippen molar-refractivity contribution in [3.05, 3.63) is 53.4 Å². The number of ether oxygens (including phenoxy) is 3. The molecule has 2 aliphatic rings. The van der Waals surface area contributed by atoms with Gasteiger partial charge < -0.3 is 39.9 Å². The molecule has 0 radical (unpaired) electrons. The average Bonchev–Trinajstić information content (AvgIpc) is 3.51. The molecule has 1 aromatic heterocycles. The summed E-state index contributed by atoms with van der Waals surface area (Å²) < 4.78 is 31.3. The van der Waals surface area contributed by atoms with Crippen LogP contribution >= 0.6 is 0 Å².